The molecule has 50 valence electrons. The Labute approximate surface area is 72.5 Å². The number of halogens is 2. The van der Waals surface area contributed by atoms with Crippen molar-refractivity contribution in [3.05, 3.63) is 32.3 Å². The summed E-state index contributed by atoms with van der Waals surface area (Å²) in [5, 5.41) is 0. The van der Waals surface area contributed by atoms with Gasteiger partial charge < -0.3 is 0 Å². The van der Waals surface area contributed by atoms with Crippen molar-refractivity contribution in [1.29, 1.82) is 0 Å². The first-order chi connectivity index (χ1) is 4.34. The Balaban J connectivity index is 3.16. The van der Waals surface area contributed by atoms with Crippen molar-refractivity contribution in [2.45, 2.75) is 0 Å². The summed E-state index contributed by atoms with van der Waals surface area (Å²) >= 11 is 2.18. The Kier molecular flexibility index (Phi) is 2.96. The van der Waals surface area contributed by atoms with Crippen molar-refractivity contribution < 1.29 is 17.2 Å². The van der Waals surface area contributed by atoms with Gasteiger partial charge in [0.2, 0.25) is 0 Å². The third-order valence-electron chi connectivity index (χ3n) is 0.847. The molecule has 0 amide bonds. The van der Waals surface area contributed by atoms with Crippen LogP contribution < -0.4 is 22.8 Å². The molecule has 2 nitrogen and oxygen atoms in total. The molecule has 9 heavy (non-hydrogen) atoms. The second kappa shape index (κ2) is 3.55. The number of rotatable bonds is 1. The van der Waals surface area contributed by atoms with E-state index < -0.39 is 0 Å². The van der Waals surface area contributed by atoms with Crippen LogP contribution in [0.25, 0.3) is 0 Å². The molecule has 1 heterocycles. The molecule has 0 fully saturated rings. The molecule has 1 aromatic rings. The van der Waals surface area contributed by atoms with Gasteiger partial charge in [0.05, 0.1) is 0 Å². The second-order valence-corrected chi connectivity index (χ2v) is 5.72. The number of aromatic amines is 1. The zero-order chi connectivity index (χ0) is 6.69. The minimum absolute atomic E-state index is 0.0692. The monoisotopic (exact) mass is 348 g/mol. The van der Waals surface area contributed by atoms with Gasteiger partial charge in [0, 0.05) is 0 Å². The molecule has 0 saturated heterocycles. The van der Waals surface area contributed by atoms with E-state index >= 15 is 0 Å². The van der Waals surface area contributed by atoms with Crippen molar-refractivity contribution >= 4 is 18.6 Å². The van der Waals surface area contributed by atoms with Crippen LogP contribution in [0.5, 0.6) is 0 Å². The molecular weight excluding hydrogens is 344 g/mol. The van der Waals surface area contributed by atoms with Crippen molar-refractivity contribution in [2.24, 2.45) is 0 Å². The van der Waals surface area contributed by atoms with Crippen molar-refractivity contribution in [1.82, 2.24) is 4.98 Å². The molecule has 0 aliphatic rings. The summed E-state index contributed by atoms with van der Waals surface area (Å²) in [6.07, 6.45) is 1.65. The Morgan fingerprint density at radius 2 is 2.44 bits per heavy atom. The van der Waals surface area contributed by atoms with E-state index in [0.717, 1.165) is 3.57 Å². The summed E-state index contributed by atoms with van der Waals surface area (Å²) in [5.74, 6) is 0. The van der Waals surface area contributed by atoms with Crippen LogP contribution in [-0.4, -0.2) is 4.98 Å². The number of nitrogens with one attached hydrogen (secondary N) is 1. The molecule has 0 spiro atoms. The number of pyridine rings is 1. The van der Waals surface area contributed by atoms with Gasteiger partial charge in [-0.1, -0.05) is 0 Å². The van der Waals surface area contributed by atoms with Gasteiger partial charge in [-0.25, -0.2) is 0 Å². The van der Waals surface area contributed by atoms with E-state index in [1.54, 1.807) is 6.20 Å². The molecule has 0 bridgehead atoms. The summed E-state index contributed by atoms with van der Waals surface area (Å²) < 4.78 is 0.942. The number of aromatic nitrogens is 1. The summed E-state index contributed by atoms with van der Waals surface area (Å²) in [4.78, 5) is 13.4. The van der Waals surface area contributed by atoms with Gasteiger partial charge in [0.15, 0.2) is 0 Å². The SMILES string of the molecule is O=c1[nH]cccc1[I-]I. The average molecular weight is 348 g/mol. The molecule has 1 aromatic heterocycles. The molecule has 0 aromatic carbocycles. The van der Waals surface area contributed by atoms with E-state index in [9.17, 15) is 4.79 Å². The third kappa shape index (κ3) is 1.92. The molecule has 0 atom stereocenters. The summed E-state index contributed by atoms with van der Waals surface area (Å²) in [6.45, 7) is 0. The molecule has 0 aliphatic heterocycles. The van der Waals surface area contributed by atoms with Crippen LogP contribution in [0.15, 0.2) is 23.1 Å². The number of hydrogen-bond acceptors (Lipinski definition) is 1. The van der Waals surface area contributed by atoms with Crippen LogP contribution in [0.1, 0.15) is 0 Å². The Morgan fingerprint density at radius 1 is 1.67 bits per heavy atom. The standard InChI is InChI=1S/C5H4I2NO/c6-7-4-2-1-3-8-5(4)9/h1-3H,(H,8,9)/q-1. The van der Waals surface area contributed by atoms with Gasteiger partial charge in [-0.3, -0.25) is 0 Å². The summed E-state index contributed by atoms with van der Waals surface area (Å²) in [7, 11) is 0. The molecular formula is C5H4I2NO-. The topological polar surface area (TPSA) is 32.9 Å². The van der Waals surface area contributed by atoms with Gasteiger partial charge in [-0.2, -0.15) is 0 Å². The van der Waals surface area contributed by atoms with E-state index in [0.29, 0.717) is 0 Å². The van der Waals surface area contributed by atoms with E-state index in [2.05, 4.69) is 23.6 Å². The van der Waals surface area contributed by atoms with Crippen molar-refractivity contribution in [3.8, 4) is 0 Å². The number of hydrogen-bond donors (Lipinski definition) is 1. The fraction of sp³-hybridized carbons (Fsp3) is 0. The minimum atomic E-state index is -0.0861. The van der Waals surface area contributed by atoms with E-state index in [1.807, 2.05) is 12.1 Å². The van der Waals surface area contributed by atoms with Crippen LogP contribution in [0, 0.1) is 3.57 Å². The molecule has 0 saturated carbocycles. The normalized spacial score (nSPS) is 9.89. The molecule has 1 N–H and O–H groups in total. The van der Waals surface area contributed by atoms with Gasteiger partial charge >= 0.3 is 73.1 Å². The van der Waals surface area contributed by atoms with E-state index in [1.165, 1.54) is 0 Å². The zero-order valence-electron chi connectivity index (χ0n) is 4.40. The van der Waals surface area contributed by atoms with E-state index in [-0.39, 0.29) is 22.8 Å². The van der Waals surface area contributed by atoms with E-state index in [4.69, 9.17) is 0 Å². The predicted octanol–water partition coefficient (Wildman–Crippen LogP) is -2.02. The first kappa shape index (κ1) is 7.52. The quantitative estimate of drug-likeness (QED) is 0.585. The maximum atomic E-state index is 10.8. The molecule has 1 rings (SSSR count). The summed E-state index contributed by atoms with van der Waals surface area (Å²) in [5.41, 5.74) is 0.0692. The predicted molar refractivity (Wildman–Crippen MR) is 39.8 cm³/mol. The fourth-order valence-electron chi connectivity index (χ4n) is 0.457. The fourth-order valence-corrected chi connectivity index (χ4v) is 3.30. The first-order valence-electron chi connectivity index (χ1n) is 2.28. The first-order valence-corrected chi connectivity index (χ1v) is 9.64. The molecule has 0 radical (unpaired) electrons. The van der Waals surface area contributed by atoms with Crippen LogP contribution in [-0.2, 0) is 0 Å². The number of H-pyrrole nitrogens is 1. The Hall–Kier alpha value is 0.410. The van der Waals surface area contributed by atoms with Crippen molar-refractivity contribution in [3.63, 3.8) is 0 Å². The van der Waals surface area contributed by atoms with Crippen LogP contribution in [0.2, 0.25) is 0 Å². The van der Waals surface area contributed by atoms with Gasteiger partial charge in [0.1, 0.15) is 0 Å². The van der Waals surface area contributed by atoms with Crippen molar-refractivity contribution in [2.75, 3.05) is 0 Å². The third-order valence-corrected chi connectivity index (χ3v) is 5.08. The maximum absolute atomic E-state index is 10.8. The molecule has 4 heteroatoms. The van der Waals surface area contributed by atoms with Crippen LogP contribution in [0.4, 0.5) is 0 Å². The van der Waals surface area contributed by atoms with Gasteiger partial charge in [-0.15, -0.1) is 0 Å². The molecule has 0 unspecified atom stereocenters. The Morgan fingerprint density at radius 3 is 2.89 bits per heavy atom. The molecule has 0 aliphatic carbocycles. The van der Waals surface area contributed by atoms with Gasteiger partial charge in [-0.05, 0) is 0 Å². The summed E-state index contributed by atoms with van der Waals surface area (Å²) in [6, 6.07) is 3.73. The van der Waals surface area contributed by atoms with Crippen LogP contribution in [0.3, 0.4) is 0 Å². The zero-order valence-corrected chi connectivity index (χ0v) is 8.71. The average Bonchev–Trinajstić information content (AvgIpc) is 1.89. The Bertz CT molecular complexity index is 245. The second-order valence-electron chi connectivity index (χ2n) is 1.42. The van der Waals surface area contributed by atoms with Gasteiger partial charge in [0.25, 0.3) is 0 Å². The van der Waals surface area contributed by atoms with Crippen LogP contribution >= 0.6 is 18.6 Å².